The molecule has 194 valence electrons. The molecule has 0 aliphatic rings. The summed E-state index contributed by atoms with van der Waals surface area (Å²) in [5, 5.41) is 10.5. The molecule has 0 bridgehead atoms. The maximum atomic E-state index is 13.5. The highest BCUT2D eigenvalue weighted by atomic mass is 32.2. The molecule has 0 aliphatic heterocycles. The Hall–Kier alpha value is 0.260. The Morgan fingerprint density at radius 2 is 0.875 bits per heavy atom. The van der Waals surface area contributed by atoms with Gasteiger partial charge in [-0.15, -0.1) is 0 Å². The van der Waals surface area contributed by atoms with Crippen molar-refractivity contribution in [2.75, 3.05) is 0 Å². The first-order valence-corrected chi connectivity index (χ1v) is 15.9. The van der Waals surface area contributed by atoms with Crippen LogP contribution in [0.2, 0.25) is 0 Å². The Bertz CT molecular complexity index is 473. The molecule has 0 saturated carbocycles. The second kappa shape index (κ2) is 17.7. The van der Waals surface area contributed by atoms with Crippen molar-refractivity contribution >= 4 is 21.6 Å². The first-order chi connectivity index (χ1) is 15.0. The molecule has 0 saturated heterocycles. The van der Waals surface area contributed by atoms with Crippen LogP contribution in [-0.4, -0.2) is 33.7 Å². The molecule has 0 spiro atoms. The fourth-order valence-corrected chi connectivity index (χ4v) is 9.15. The highest BCUT2D eigenvalue weighted by molar-refractivity contribution is 8.04. The molecule has 3 atom stereocenters. The number of hydrogen-bond donors (Lipinski definition) is 1. The third-order valence-corrected chi connectivity index (χ3v) is 11.9. The fourth-order valence-electron chi connectivity index (χ4n) is 4.28. The number of unbranched alkanes of at least 4 members (excludes halogenated alkanes) is 12. The van der Waals surface area contributed by atoms with E-state index >= 15 is 0 Å². The minimum atomic E-state index is -1.35. The monoisotopic (exact) mass is 492 g/mol. The molecule has 0 aliphatic carbocycles. The van der Waals surface area contributed by atoms with Gasteiger partial charge in [0.2, 0.25) is 0 Å². The van der Waals surface area contributed by atoms with E-state index in [1.165, 1.54) is 64.2 Å². The number of aliphatic hydroxyl groups is 1. The third kappa shape index (κ3) is 13.2. The van der Waals surface area contributed by atoms with Gasteiger partial charge in [-0.05, 0) is 47.5 Å². The van der Waals surface area contributed by atoms with Crippen molar-refractivity contribution in [3.05, 3.63) is 0 Å². The van der Waals surface area contributed by atoms with Crippen LogP contribution in [0.1, 0.15) is 151 Å². The van der Waals surface area contributed by atoms with E-state index in [-0.39, 0.29) is 0 Å². The van der Waals surface area contributed by atoms with Gasteiger partial charge in [0.1, 0.15) is 4.58 Å². The zero-order chi connectivity index (χ0) is 24.6. The molecule has 0 rings (SSSR count). The maximum Gasteiger partial charge on any atom is 0.136 e. The lowest BCUT2D eigenvalue weighted by Gasteiger charge is -2.35. The van der Waals surface area contributed by atoms with Crippen molar-refractivity contribution in [3.63, 3.8) is 0 Å². The van der Waals surface area contributed by atoms with E-state index in [4.69, 9.17) is 0 Å². The molecule has 5 heteroatoms. The first kappa shape index (κ1) is 32.3. The zero-order valence-electron chi connectivity index (χ0n) is 22.5. The van der Waals surface area contributed by atoms with Gasteiger partial charge in [-0.25, -0.2) is 0 Å². The van der Waals surface area contributed by atoms with E-state index in [0.717, 1.165) is 38.5 Å². The van der Waals surface area contributed by atoms with Gasteiger partial charge in [-0.2, -0.15) is 0 Å². The molecule has 0 aromatic rings. The molecule has 0 amide bonds. The van der Waals surface area contributed by atoms with Gasteiger partial charge in [0.05, 0.1) is 6.10 Å². The lowest BCUT2D eigenvalue weighted by atomic mass is 10.0. The predicted octanol–water partition coefficient (Wildman–Crippen LogP) is 8.03. The van der Waals surface area contributed by atoms with Crippen molar-refractivity contribution < 1.29 is 13.5 Å². The second-order valence-corrected chi connectivity index (χ2v) is 15.7. The van der Waals surface area contributed by atoms with Gasteiger partial charge in [-0.1, -0.05) is 104 Å². The van der Waals surface area contributed by atoms with Crippen molar-refractivity contribution in [1.29, 1.82) is 0 Å². The summed E-state index contributed by atoms with van der Waals surface area (Å²) in [6.45, 7) is 14.2. The summed E-state index contributed by atoms with van der Waals surface area (Å²) in [4.78, 5) is 0. The molecule has 32 heavy (non-hydrogen) atoms. The Morgan fingerprint density at radius 3 is 1.16 bits per heavy atom. The van der Waals surface area contributed by atoms with E-state index < -0.39 is 41.8 Å². The van der Waals surface area contributed by atoms with Gasteiger partial charge in [0, 0.05) is 31.1 Å². The van der Waals surface area contributed by atoms with E-state index in [9.17, 15) is 13.5 Å². The highest BCUT2D eigenvalue weighted by Crippen LogP contribution is 2.33. The summed E-state index contributed by atoms with van der Waals surface area (Å²) in [5.41, 5.74) is 0. The summed E-state index contributed by atoms with van der Waals surface area (Å²) in [6, 6.07) is 0. The van der Waals surface area contributed by atoms with Crippen LogP contribution in [0, 0.1) is 0 Å². The third-order valence-electron chi connectivity index (χ3n) is 6.67. The summed E-state index contributed by atoms with van der Waals surface area (Å²) in [5.74, 6) is 0. The summed E-state index contributed by atoms with van der Waals surface area (Å²) in [7, 11) is -2.70. The molecule has 3 unspecified atom stereocenters. The summed E-state index contributed by atoms with van der Waals surface area (Å²) < 4.78 is 25.5. The largest absolute Gasteiger partial charge is 0.391 e. The van der Waals surface area contributed by atoms with Crippen molar-refractivity contribution in [2.24, 2.45) is 0 Å². The number of rotatable bonds is 21. The van der Waals surface area contributed by atoms with Gasteiger partial charge in [0.15, 0.2) is 0 Å². The molecule has 0 aromatic heterocycles. The van der Waals surface area contributed by atoms with Crippen molar-refractivity contribution in [1.82, 2.24) is 0 Å². The van der Waals surface area contributed by atoms with Crippen LogP contribution in [0.4, 0.5) is 0 Å². The lowest BCUT2D eigenvalue weighted by Crippen LogP contribution is -2.47. The quantitative estimate of drug-likeness (QED) is 0.165. The molecule has 0 aromatic carbocycles. The first-order valence-electron chi connectivity index (χ1n) is 13.5. The summed E-state index contributed by atoms with van der Waals surface area (Å²) in [6.07, 6.45) is 18.1. The van der Waals surface area contributed by atoms with E-state index in [1.54, 1.807) is 6.92 Å². The van der Waals surface area contributed by atoms with Crippen LogP contribution in [0.15, 0.2) is 0 Å². The average molecular weight is 493 g/mol. The second-order valence-electron chi connectivity index (χ2n) is 11.0. The molecule has 1 N–H and O–H groups in total. The average Bonchev–Trinajstić information content (AvgIpc) is 2.72. The Morgan fingerprint density at radius 1 is 0.594 bits per heavy atom. The number of aliphatic hydroxyl groups excluding tert-OH is 1. The van der Waals surface area contributed by atoms with Crippen LogP contribution >= 0.6 is 0 Å². The molecule has 3 nitrogen and oxygen atoms in total. The molecular formula is C27H56O3S2. The predicted molar refractivity (Wildman–Crippen MR) is 145 cm³/mol. The standard InChI is InChI=1S/C27H56O3S2/c1-8-10-12-14-16-18-20-22-26(4,5)31(29)25(24(3)28)32(30)27(6,7)23-21-19-17-15-13-11-9-2/h24-25,28H,8-23H2,1-7H3. The normalized spacial score (nSPS) is 16.6. The van der Waals surface area contributed by atoms with E-state index in [2.05, 4.69) is 13.8 Å². The molecule has 0 fully saturated rings. The summed E-state index contributed by atoms with van der Waals surface area (Å²) >= 11 is 0. The Labute approximate surface area is 206 Å². The molecular weight excluding hydrogens is 436 g/mol. The van der Waals surface area contributed by atoms with Gasteiger partial charge in [0.25, 0.3) is 0 Å². The highest BCUT2D eigenvalue weighted by Gasteiger charge is 2.42. The topological polar surface area (TPSA) is 54.4 Å². The van der Waals surface area contributed by atoms with Crippen LogP contribution in [0.25, 0.3) is 0 Å². The Kier molecular flexibility index (Phi) is 17.8. The van der Waals surface area contributed by atoms with Crippen LogP contribution in [0.3, 0.4) is 0 Å². The van der Waals surface area contributed by atoms with Crippen LogP contribution in [-0.2, 0) is 21.6 Å². The number of hydrogen-bond acceptors (Lipinski definition) is 3. The fraction of sp³-hybridized carbons (Fsp3) is 1.00. The van der Waals surface area contributed by atoms with Gasteiger partial charge < -0.3 is 5.11 Å². The van der Waals surface area contributed by atoms with E-state index in [1.807, 2.05) is 27.7 Å². The minimum Gasteiger partial charge on any atom is -0.391 e. The van der Waals surface area contributed by atoms with Crippen molar-refractivity contribution in [2.45, 2.75) is 171 Å². The minimum absolute atomic E-state index is 0.434. The lowest BCUT2D eigenvalue weighted by molar-refractivity contribution is 0.208. The molecule has 0 radical (unpaired) electrons. The SMILES string of the molecule is CCCCCCCCCC(C)(C)S(=O)C(C(C)O)S(=O)C(C)(C)CCCCCCCCC. The van der Waals surface area contributed by atoms with Crippen molar-refractivity contribution in [3.8, 4) is 0 Å². The molecule has 0 heterocycles. The Balaban J connectivity index is 4.73. The van der Waals surface area contributed by atoms with Gasteiger partial charge in [-0.3, -0.25) is 8.42 Å². The smallest absolute Gasteiger partial charge is 0.136 e. The van der Waals surface area contributed by atoms with Crippen LogP contribution < -0.4 is 0 Å². The van der Waals surface area contributed by atoms with Crippen LogP contribution in [0.5, 0.6) is 0 Å². The zero-order valence-corrected chi connectivity index (χ0v) is 24.2. The van der Waals surface area contributed by atoms with Gasteiger partial charge >= 0.3 is 0 Å². The van der Waals surface area contributed by atoms with E-state index in [0.29, 0.717) is 0 Å². The maximum absolute atomic E-state index is 13.5.